The lowest BCUT2D eigenvalue weighted by atomic mass is 10.1. The number of halogens is 1. The molecule has 0 aliphatic rings. The number of anilines is 1. The van der Waals surface area contributed by atoms with Crippen LogP contribution in [-0.4, -0.2) is 26.8 Å². The van der Waals surface area contributed by atoms with Gasteiger partial charge in [-0.15, -0.1) is 0 Å². The smallest absolute Gasteiger partial charge is 0.307 e. The first-order valence-corrected chi connectivity index (χ1v) is 7.57. The molecule has 1 heterocycles. The second-order valence-electron chi connectivity index (χ2n) is 5.70. The molecule has 7 heteroatoms. The van der Waals surface area contributed by atoms with Crippen molar-refractivity contribution in [1.29, 1.82) is 0 Å². The van der Waals surface area contributed by atoms with Crippen LogP contribution in [0.3, 0.4) is 0 Å². The van der Waals surface area contributed by atoms with Gasteiger partial charge in [-0.05, 0) is 43.5 Å². The van der Waals surface area contributed by atoms with E-state index in [1.54, 1.807) is 4.68 Å². The zero-order valence-electron chi connectivity index (χ0n) is 13.9. The average molecular weight is 333 g/mol. The molecule has 2 aromatic rings. The van der Waals surface area contributed by atoms with E-state index in [0.29, 0.717) is 12.1 Å². The number of carbonyl (C=O) groups excluding carboxylic acids is 1. The van der Waals surface area contributed by atoms with Crippen molar-refractivity contribution in [2.24, 2.45) is 7.05 Å². The number of benzene rings is 1. The maximum Gasteiger partial charge on any atom is 0.307 e. The number of hydrogen-bond donors (Lipinski definition) is 2. The van der Waals surface area contributed by atoms with Crippen molar-refractivity contribution in [3.8, 4) is 0 Å². The van der Waals surface area contributed by atoms with Crippen molar-refractivity contribution in [3.05, 3.63) is 46.5 Å². The number of hydrogen-bond acceptors (Lipinski definition) is 3. The van der Waals surface area contributed by atoms with Crippen molar-refractivity contribution >= 4 is 17.6 Å². The van der Waals surface area contributed by atoms with Gasteiger partial charge in [-0.2, -0.15) is 5.10 Å². The van der Waals surface area contributed by atoms with E-state index in [-0.39, 0.29) is 24.3 Å². The number of aryl methyl sites for hydroxylation is 2. The third-order valence-corrected chi connectivity index (χ3v) is 3.94. The molecule has 0 bridgehead atoms. The second-order valence-corrected chi connectivity index (χ2v) is 5.70. The molecule has 128 valence electrons. The van der Waals surface area contributed by atoms with Crippen LogP contribution in [0.5, 0.6) is 0 Å². The summed E-state index contributed by atoms with van der Waals surface area (Å²) >= 11 is 0. The van der Waals surface area contributed by atoms with Gasteiger partial charge in [0, 0.05) is 24.8 Å². The maximum absolute atomic E-state index is 13.8. The Morgan fingerprint density at radius 2 is 2.04 bits per heavy atom. The van der Waals surface area contributed by atoms with Gasteiger partial charge < -0.3 is 10.4 Å². The Morgan fingerprint density at radius 3 is 2.58 bits per heavy atom. The summed E-state index contributed by atoms with van der Waals surface area (Å²) in [5.41, 5.74) is 3.35. The molecule has 0 spiro atoms. The molecule has 0 saturated carbocycles. The molecule has 1 amide bonds. The highest BCUT2D eigenvalue weighted by atomic mass is 19.1. The van der Waals surface area contributed by atoms with E-state index in [2.05, 4.69) is 10.4 Å². The fourth-order valence-corrected chi connectivity index (χ4v) is 2.57. The van der Waals surface area contributed by atoms with Gasteiger partial charge in [-0.25, -0.2) is 4.39 Å². The number of nitrogens with zero attached hydrogens (tertiary/aromatic N) is 2. The Balaban J connectivity index is 1.97. The van der Waals surface area contributed by atoms with Crippen LogP contribution in [0.4, 0.5) is 10.1 Å². The molecule has 0 fully saturated rings. The number of carbonyl (C=O) groups is 2. The van der Waals surface area contributed by atoms with Gasteiger partial charge in [-0.1, -0.05) is 6.07 Å². The normalized spacial score (nSPS) is 10.7. The van der Waals surface area contributed by atoms with E-state index < -0.39 is 11.8 Å². The van der Waals surface area contributed by atoms with Crippen LogP contribution in [-0.2, 0) is 29.5 Å². The molecular weight excluding hydrogens is 313 g/mol. The van der Waals surface area contributed by atoms with Gasteiger partial charge in [0.1, 0.15) is 5.82 Å². The molecule has 0 aliphatic heterocycles. The first-order valence-electron chi connectivity index (χ1n) is 7.57. The fraction of sp³-hybridized carbons (Fsp3) is 0.353. The van der Waals surface area contributed by atoms with E-state index in [9.17, 15) is 14.0 Å². The molecule has 0 saturated heterocycles. The lowest BCUT2D eigenvalue weighted by Gasteiger charge is -2.07. The van der Waals surface area contributed by atoms with Crippen molar-refractivity contribution < 1.29 is 19.1 Å². The van der Waals surface area contributed by atoms with Gasteiger partial charge in [0.15, 0.2) is 0 Å². The number of amides is 1. The quantitative estimate of drug-likeness (QED) is 0.850. The summed E-state index contributed by atoms with van der Waals surface area (Å²) in [4.78, 5) is 22.7. The average Bonchev–Trinajstić information content (AvgIpc) is 2.73. The molecule has 0 radical (unpaired) electrons. The first-order chi connectivity index (χ1) is 11.3. The van der Waals surface area contributed by atoms with E-state index >= 15 is 0 Å². The van der Waals surface area contributed by atoms with E-state index in [1.807, 2.05) is 20.9 Å². The van der Waals surface area contributed by atoms with E-state index in [4.69, 9.17) is 5.11 Å². The summed E-state index contributed by atoms with van der Waals surface area (Å²) in [6.07, 6.45) is 0.419. The summed E-state index contributed by atoms with van der Waals surface area (Å²) in [7, 11) is 1.85. The molecule has 1 aromatic carbocycles. The predicted molar refractivity (Wildman–Crippen MR) is 87.4 cm³/mol. The second kappa shape index (κ2) is 7.25. The van der Waals surface area contributed by atoms with Gasteiger partial charge in [0.05, 0.1) is 12.1 Å². The first kappa shape index (κ1) is 17.7. The van der Waals surface area contributed by atoms with Crippen molar-refractivity contribution in [3.63, 3.8) is 0 Å². The highest BCUT2D eigenvalue weighted by molar-refractivity contribution is 5.90. The summed E-state index contributed by atoms with van der Waals surface area (Å²) in [5.74, 6) is -1.98. The van der Waals surface area contributed by atoms with Crippen LogP contribution < -0.4 is 5.32 Å². The molecule has 6 nitrogen and oxygen atoms in total. The van der Waals surface area contributed by atoms with Crippen molar-refractivity contribution in [2.45, 2.75) is 33.1 Å². The molecular formula is C17H20FN3O3. The van der Waals surface area contributed by atoms with Gasteiger partial charge in [0.25, 0.3) is 0 Å². The summed E-state index contributed by atoms with van der Waals surface area (Å²) in [6.45, 7) is 3.85. The Labute approximate surface area is 139 Å². The van der Waals surface area contributed by atoms with Crippen LogP contribution >= 0.6 is 0 Å². The van der Waals surface area contributed by atoms with Gasteiger partial charge >= 0.3 is 5.97 Å². The zero-order valence-corrected chi connectivity index (χ0v) is 13.9. The minimum Gasteiger partial charge on any atom is -0.481 e. The topological polar surface area (TPSA) is 84.2 Å². The highest BCUT2D eigenvalue weighted by Gasteiger charge is 2.13. The lowest BCUT2D eigenvalue weighted by molar-refractivity contribution is -0.136. The summed E-state index contributed by atoms with van der Waals surface area (Å²) in [6, 6.07) is 4.01. The predicted octanol–water partition coefficient (Wildman–Crippen LogP) is 2.37. The Hall–Kier alpha value is -2.70. The number of aromatic nitrogens is 2. The van der Waals surface area contributed by atoms with Gasteiger partial charge in [-0.3, -0.25) is 14.3 Å². The third kappa shape index (κ3) is 4.18. The molecule has 0 atom stereocenters. The molecule has 1 aromatic heterocycles. The number of nitrogens with one attached hydrogen (secondary N) is 1. The van der Waals surface area contributed by atoms with Crippen LogP contribution in [0.25, 0.3) is 0 Å². The number of carboxylic acids is 1. The van der Waals surface area contributed by atoms with Crippen LogP contribution in [0.15, 0.2) is 18.2 Å². The van der Waals surface area contributed by atoms with Crippen molar-refractivity contribution in [1.82, 2.24) is 9.78 Å². The highest BCUT2D eigenvalue weighted by Crippen LogP contribution is 2.17. The number of carboxylic acid groups (broad SMARTS) is 1. The fourth-order valence-electron chi connectivity index (χ4n) is 2.57. The zero-order chi connectivity index (χ0) is 17.9. The summed E-state index contributed by atoms with van der Waals surface area (Å²) in [5, 5.41) is 15.6. The van der Waals surface area contributed by atoms with Crippen LogP contribution in [0.2, 0.25) is 0 Å². The molecule has 0 unspecified atom stereocenters. The SMILES string of the molecule is Cc1nn(C)c(C)c1CCC(=O)Nc1ccc(CC(=O)O)c(F)c1. The third-order valence-electron chi connectivity index (χ3n) is 3.94. The van der Waals surface area contributed by atoms with E-state index in [1.165, 1.54) is 12.1 Å². The maximum atomic E-state index is 13.8. The van der Waals surface area contributed by atoms with Crippen molar-refractivity contribution in [2.75, 3.05) is 5.32 Å². The van der Waals surface area contributed by atoms with Gasteiger partial charge in [0.2, 0.25) is 5.91 Å². The largest absolute Gasteiger partial charge is 0.481 e. The number of rotatable bonds is 6. The standard InChI is InChI=1S/C17H20FN3O3/c1-10-14(11(2)21(3)20-10)6-7-16(22)19-13-5-4-12(8-17(23)24)15(18)9-13/h4-5,9H,6-8H2,1-3H3,(H,19,22)(H,23,24). The Bertz CT molecular complexity index is 784. The lowest BCUT2D eigenvalue weighted by Crippen LogP contribution is -2.13. The Kier molecular flexibility index (Phi) is 5.33. The van der Waals surface area contributed by atoms with Crippen LogP contribution in [0.1, 0.15) is 28.9 Å². The molecule has 2 N–H and O–H groups in total. The minimum atomic E-state index is -1.10. The minimum absolute atomic E-state index is 0.0853. The Morgan fingerprint density at radius 1 is 1.33 bits per heavy atom. The number of aliphatic carboxylic acids is 1. The van der Waals surface area contributed by atoms with Crippen LogP contribution in [0, 0.1) is 19.7 Å². The monoisotopic (exact) mass is 333 g/mol. The van der Waals surface area contributed by atoms with E-state index in [0.717, 1.165) is 23.0 Å². The molecule has 2 rings (SSSR count). The summed E-state index contributed by atoms with van der Waals surface area (Å²) < 4.78 is 15.6. The molecule has 0 aliphatic carbocycles. The molecule has 24 heavy (non-hydrogen) atoms.